The van der Waals surface area contributed by atoms with Gasteiger partial charge in [0.2, 0.25) is 0 Å². The normalized spacial score (nSPS) is 17.7. The molecule has 0 rings (SSSR count). The predicted molar refractivity (Wildman–Crippen MR) is 57.0 cm³/mol. The van der Waals surface area contributed by atoms with Gasteiger partial charge in [-0.15, -0.1) is 0 Å². The highest BCUT2D eigenvalue weighted by Gasteiger charge is 2.73. The first kappa shape index (κ1) is 20.6. The van der Waals surface area contributed by atoms with E-state index in [9.17, 15) is 35.3 Å². The van der Waals surface area contributed by atoms with Crippen LogP contribution >= 0.6 is 7.82 Å². The molecule has 2 N–H and O–H groups in total. The summed E-state index contributed by atoms with van der Waals surface area (Å²) in [6.45, 7) is 1.98. The van der Waals surface area contributed by atoms with Crippen LogP contribution in [0.3, 0.4) is 0 Å². The summed E-state index contributed by atoms with van der Waals surface area (Å²) in [7, 11) is -5.36. The molecule has 0 bridgehead atoms. The van der Waals surface area contributed by atoms with Crippen molar-refractivity contribution in [3.05, 3.63) is 0 Å². The SMILES string of the molecule is CCCC(C)(CC(F)(F)C(F)(F)C(F)(F)F)OP(=O)(O)O. The molecule has 12 heteroatoms. The molecular weight excluding hydrogens is 336 g/mol. The van der Waals surface area contributed by atoms with Crippen molar-refractivity contribution in [1.29, 1.82) is 0 Å². The molecule has 128 valence electrons. The molecule has 21 heavy (non-hydrogen) atoms. The molecular formula is C9H14F7O4P. The lowest BCUT2D eigenvalue weighted by Gasteiger charge is -2.36. The first-order chi connectivity index (χ1) is 8.97. The Morgan fingerprint density at radius 2 is 1.48 bits per heavy atom. The number of phosphoric acid groups is 1. The van der Waals surface area contributed by atoms with Gasteiger partial charge in [0.25, 0.3) is 0 Å². The van der Waals surface area contributed by atoms with Crippen molar-refractivity contribution in [3.63, 3.8) is 0 Å². The Morgan fingerprint density at radius 3 is 1.76 bits per heavy atom. The standard InChI is InChI=1S/C9H14F7O4P/c1-3-4-6(2,20-21(17,18)19)5-7(10,11)8(12,13)9(14,15)16/h3-5H2,1-2H3,(H2,17,18,19). The zero-order valence-electron chi connectivity index (χ0n) is 10.9. The minimum Gasteiger partial charge on any atom is -0.303 e. The maximum absolute atomic E-state index is 13.3. The molecule has 0 saturated carbocycles. The van der Waals surface area contributed by atoms with Crippen molar-refractivity contribution < 1.29 is 49.6 Å². The lowest BCUT2D eigenvalue weighted by Crippen LogP contribution is -2.55. The van der Waals surface area contributed by atoms with E-state index in [2.05, 4.69) is 4.52 Å². The largest absolute Gasteiger partial charge is 0.470 e. The monoisotopic (exact) mass is 350 g/mol. The van der Waals surface area contributed by atoms with Crippen molar-refractivity contribution in [3.8, 4) is 0 Å². The Hall–Kier alpha value is -0.380. The molecule has 4 nitrogen and oxygen atoms in total. The Balaban J connectivity index is 5.48. The number of alkyl halides is 7. The third kappa shape index (κ3) is 5.39. The molecule has 0 aromatic carbocycles. The van der Waals surface area contributed by atoms with Gasteiger partial charge in [-0.3, -0.25) is 4.52 Å². The van der Waals surface area contributed by atoms with E-state index in [1.165, 1.54) is 6.92 Å². The third-order valence-electron chi connectivity index (χ3n) is 2.53. The van der Waals surface area contributed by atoms with Crippen LogP contribution in [0, 0.1) is 0 Å². The summed E-state index contributed by atoms with van der Waals surface area (Å²) < 4.78 is 103. The average molecular weight is 350 g/mol. The summed E-state index contributed by atoms with van der Waals surface area (Å²) in [5, 5.41) is 0. The molecule has 0 aliphatic heterocycles. The van der Waals surface area contributed by atoms with Crippen molar-refractivity contribution in [2.75, 3.05) is 0 Å². The molecule has 0 saturated heterocycles. The summed E-state index contributed by atoms with van der Waals surface area (Å²) in [4.78, 5) is 17.1. The van der Waals surface area contributed by atoms with Crippen LogP contribution < -0.4 is 0 Å². The van der Waals surface area contributed by atoms with Gasteiger partial charge in [-0.25, -0.2) is 4.57 Å². The van der Waals surface area contributed by atoms with Gasteiger partial charge < -0.3 is 9.79 Å². The van der Waals surface area contributed by atoms with E-state index >= 15 is 0 Å². The van der Waals surface area contributed by atoms with Crippen LogP contribution in [0.15, 0.2) is 0 Å². The third-order valence-corrected chi connectivity index (χ3v) is 3.21. The number of halogens is 7. The fraction of sp³-hybridized carbons (Fsp3) is 1.00. The van der Waals surface area contributed by atoms with Gasteiger partial charge in [-0.2, -0.15) is 30.7 Å². The van der Waals surface area contributed by atoms with Crippen molar-refractivity contribution in [2.24, 2.45) is 0 Å². The van der Waals surface area contributed by atoms with Gasteiger partial charge in [0.15, 0.2) is 0 Å². The maximum atomic E-state index is 13.3. The van der Waals surface area contributed by atoms with E-state index in [0.717, 1.165) is 0 Å². The Morgan fingerprint density at radius 1 is 1.05 bits per heavy atom. The van der Waals surface area contributed by atoms with Crippen molar-refractivity contribution >= 4 is 7.82 Å². The summed E-state index contributed by atoms with van der Waals surface area (Å²) >= 11 is 0. The summed E-state index contributed by atoms with van der Waals surface area (Å²) in [6.07, 6.45) is -9.30. The van der Waals surface area contributed by atoms with Gasteiger partial charge >= 0.3 is 25.8 Å². The van der Waals surface area contributed by atoms with Crippen LogP contribution in [-0.4, -0.2) is 33.4 Å². The smallest absolute Gasteiger partial charge is 0.303 e. The minimum atomic E-state index is -6.51. The van der Waals surface area contributed by atoms with Crippen molar-refractivity contribution in [1.82, 2.24) is 0 Å². The molecule has 0 heterocycles. The quantitative estimate of drug-likeness (QED) is 0.540. The zero-order valence-corrected chi connectivity index (χ0v) is 11.8. The van der Waals surface area contributed by atoms with Crippen LogP contribution in [0.1, 0.15) is 33.1 Å². The maximum Gasteiger partial charge on any atom is 0.470 e. The molecule has 0 aromatic rings. The average Bonchev–Trinajstić information content (AvgIpc) is 2.10. The molecule has 0 aliphatic rings. The number of rotatable bonds is 7. The van der Waals surface area contributed by atoms with E-state index in [1.54, 1.807) is 0 Å². The number of phosphoric ester groups is 1. The second-order valence-electron chi connectivity index (χ2n) is 4.74. The second kappa shape index (κ2) is 6.02. The van der Waals surface area contributed by atoms with Crippen LogP contribution in [0.2, 0.25) is 0 Å². The first-order valence-corrected chi connectivity index (χ1v) is 7.09. The molecule has 0 spiro atoms. The molecule has 0 fully saturated rings. The summed E-state index contributed by atoms with van der Waals surface area (Å²) in [5.41, 5.74) is -2.55. The van der Waals surface area contributed by atoms with Gasteiger partial charge in [0.1, 0.15) is 0 Å². The molecule has 1 atom stereocenters. The lowest BCUT2D eigenvalue weighted by molar-refractivity contribution is -0.360. The highest BCUT2D eigenvalue weighted by atomic mass is 31.2. The first-order valence-electron chi connectivity index (χ1n) is 5.56. The Bertz CT molecular complexity index is 405. The van der Waals surface area contributed by atoms with Gasteiger partial charge in [0, 0.05) is 6.42 Å². The Kier molecular flexibility index (Phi) is 5.91. The molecule has 0 amide bonds. The summed E-state index contributed by atoms with van der Waals surface area (Å²) in [6, 6.07) is 0. The molecule has 0 aliphatic carbocycles. The fourth-order valence-electron chi connectivity index (χ4n) is 1.77. The number of hydrogen-bond donors (Lipinski definition) is 2. The van der Waals surface area contributed by atoms with Crippen LogP contribution in [0.4, 0.5) is 30.7 Å². The molecule has 0 radical (unpaired) electrons. The highest BCUT2D eigenvalue weighted by molar-refractivity contribution is 7.46. The van der Waals surface area contributed by atoms with Crippen LogP contribution in [0.5, 0.6) is 0 Å². The molecule has 0 aromatic heterocycles. The highest BCUT2D eigenvalue weighted by Crippen LogP contribution is 2.53. The zero-order chi connectivity index (χ0) is 17.3. The predicted octanol–water partition coefficient (Wildman–Crippen LogP) is 3.88. The van der Waals surface area contributed by atoms with E-state index in [-0.39, 0.29) is 6.42 Å². The Labute approximate surface area is 115 Å². The van der Waals surface area contributed by atoms with E-state index in [0.29, 0.717) is 6.92 Å². The minimum absolute atomic E-state index is 0.0375. The van der Waals surface area contributed by atoms with Gasteiger partial charge in [-0.05, 0) is 13.3 Å². The van der Waals surface area contributed by atoms with E-state index < -0.39 is 44.3 Å². The van der Waals surface area contributed by atoms with Crippen LogP contribution in [-0.2, 0) is 9.09 Å². The fourth-order valence-corrected chi connectivity index (χ4v) is 2.50. The molecule has 1 unspecified atom stereocenters. The van der Waals surface area contributed by atoms with E-state index in [4.69, 9.17) is 9.79 Å². The topological polar surface area (TPSA) is 66.8 Å². The van der Waals surface area contributed by atoms with Gasteiger partial charge in [-0.1, -0.05) is 13.3 Å². The second-order valence-corrected chi connectivity index (χ2v) is 5.90. The summed E-state index contributed by atoms with van der Waals surface area (Å²) in [5.74, 6) is -11.9. The lowest BCUT2D eigenvalue weighted by atomic mass is 9.90. The number of hydrogen-bond acceptors (Lipinski definition) is 2. The van der Waals surface area contributed by atoms with E-state index in [1.807, 2.05) is 0 Å². The van der Waals surface area contributed by atoms with Crippen LogP contribution in [0.25, 0.3) is 0 Å². The van der Waals surface area contributed by atoms with Gasteiger partial charge in [0.05, 0.1) is 5.60 Å². The van der Waals surface area contributed by atoms with Crippen molar-refractivity contribution in [2.45, 2.75) is 56.7 Å².